The summed E-state index contributed by atoms with van der Waals surface area (Å²) >= 11 is 0. The average molecular weight is 288 g/mol. The zero-order chi connectivity index (χ0) is 15.4. The first-order valence-corrected chi connectivity index (χ1v) is 7.63. The fourth-order valence-corrected chi connectivity index (χ4v) is 1.83. The molecule has 0 aromatic heterocycles. The van der Waals surface area contributed by atoms with Crippen LogP contribution >= 0.6 is 0 Å². The molecular formula is C15H32N2O3. The molecular weight excluding hydrogens is 256 g/mol. The Kier molecular flexibility index (Phi) is 11.7. The Morgan fingerprint density at radius 3 is 2.15 bits per heavy atom. The smallest absolute Gasteiger partial charge is 0.219 e. The Bertz CT molecular complexity index is 241. The van der Waals surface area contributed by atoms with Crippen LogP contribution in [0.2, 0.25) is 0 Å². The third-order valence-electron chi connectivity index (χ3n) is 3.53. The van der Waals surface area contributed by atoms with Gasteiger partial charge in [-0.25, -0.2) is 0 Å². The molecule has 5 nitrogen and oxygen atoms in total. The number of hydrogen-bond donors (Lipinski definition) is 0. The Hall–Kier alpha value is -0.650. The summed E-state index contributed by atoms with van der Waals surface area (Å²) in [6.45, 7) is 14.4. The first-order chi connectivity index (χ1) is 9.54. The maximum atomic E-state index is 10.9. The van der Waals surface area contributed by atoms with Crippen LogP contribution in [0.15, 0.2) is 0 Å². The van der Waals surface area contributed by atoms with E-state index >= 15 is 0 Å². The van der Waals surface area contributed by atoms with Crippen molar-refractivity contribution in [2.45, 2.75) is 40.2 Å². The number of rotatable bonds is 6. The second-order valence-corrected chi connectivity index (χ2v) is 5.02. The topological polar surface area (TPSA) is 42.0 Å². The summed E-state index contributed by atoms with van der Waals surface area (Å²) in [4.78, 5) is 15.2. The SMILES string of the molecule is CCC(C)OCCOC.CCN1CCN(C(C)=O)CC1. The number of ether oxygens (including phenoxy) is 2. The van der Waals surface area contributed by atoms with Crippen molar-refractivity contribution in [3.05, 3.63) is 0 Å². The van der Waals surface area contributed by atoms with Crippen molar-refractivity contribution in [1.82, 2.24) is 9.80 Å². The van der Waals surface area contributed by atoms with Crippen LogP contribution in [0.3, 0.4) is 0 Å². The molecule has 1 rings (SSSR count). The molecule has 0 bridgehead atoms. The van der Waals surface area contributed by atoms with Crippen LogP contribution in [0.25, 0.3) is 0 Å². The van der Waals surface area contributed by atoms with Gasteiger partial charge in [0.1, 0.15) is 0 Å². The summed E-state index contributed by atoms with van der Waals surface area (Å²) in [5.41, 5.74) is 0. The number of methoxy groups -OCH3 is 1. The average Bonchev–Trinajstić information content (AvgIpc) is 2.48. The fraction of sp³-hybridized carbons (Fsp3) is 0.933. The van der Waals surface area contributed by atoms with E-state index in [1.807, 2.05) is 4.90 Å². The second-order valence-electron chi connectivity index (χ2n) is 5.02. The molecule has 0 aromatic rings. The van der Waals surface area contributed by atoms with E-state index in [9.17, 15) is 4.79 Å². The van der Waals surface area contributed by atoms with E-state index < -0.39 is 0 Å². The predicted molar refractivity (Wildman–Crippen MR) is 81.9 cm³/mol. The molecule has 1 saturated heterocycles. The Morgan fingerprint density at radius 2 is 1.75 bits per heavy atom. The summed E-state index contributed by atoms with van der Waals surface area (Å²) in [6.07, 6.45) is 1.45. The highest BCUT2D eigenvalue weighted by Crippen LogP contribution is 2.00. The summed E-state index contributed by atoms with van der Waals surface area (Å²) in [7, 11) is 1.68. The highest BCUT2D eigenvalue weighted by atomic mass is 16.5. The number of nitrogens with zero attached hydrogens (tertiary/aromatic N) is 2. The highest BCUT2D eigenvalue weighted by Gasteiger charge is 2.16. The lowest BCUT2D eigenvalue weighted by Crippen LogP contribution is -2.47. The van der Waals surface area contributed by atoms with Crippen molar-refractivity contribution in [1.29, 1.82) is 0 Å². The third-order valence-corrected chi connectivity index (χ3v) is 3.53. The van der Waals surface area contributed by atoms with Gasteiger partial charge in [0, 0.05) is 40.2 Å². The van der Waals surface area contributed by atoms with E-state index in [2.05, 4.69) is 25.7 Å². The van der Waals surface area contributed by atoms with Gasteiger partial charge in [0.05, 0.1) is 19.3 Å². The summed E-state index contributed by atoms with van der Waals surface area (Å²) < 4.78 is 10.1. The lowest BCUT2D eigenvalue weighted by molar-refractivity contribution is -0.130. The van der Waals surface area contributed by atoms with Gasteiger partial charge >= 0.3 is 0 Å². The van der Waals surface area contributed by atoms with Crippen LogP contribution in [0.5, 0.6) is 0 Å². The molecule has 120 valence electrons. The predicted octanol–water partition coefficient (Wildman–Crippen LogP) is 1.62. The standard InChI is InChI=1S/C8H16N2O.C7H16O2/c1-3-9-4-6-10(7-5-9)8(2)11;1-4-7(2)9-6-5-8-3/h3-7H2,1-2H3;7H,4-6H2,1-3H3. The van der Waals surface area contributed by atoms with Gasteiger partial charge < -0.3 is 19.3 Å². The van der Waals surface area contributed by atoms with Gasteiger partial charge in [-0.2, -0.15) is 0 Å². The van der Waals surface area contributed by atoms with E-state index in [0.717, 1.165) is 39.1 Å². The zero-order valence-corrected chi connectivity index (χ0v) is 13.9. The number of piperazine rings is 1. The minimum atomic E-state index is 0.209. The van der Waals surface area contributed by atoms with Crippen molar-refractivity contribution in [2.24, 2.45) is 0 Å². The Labute approximate surface area is 124 Å². The van der Waals surface area contributed by atoms with Gasteiger partial charge in [-0.3, -0.25) is 4.79 Å². The fourth-order valence-electron chi connectivity index (χ4n) is 1.83. The quantitative estimate of drug-likeness (QED) is 0.697. The lowest BCUT2D eigenvalue weighted by atomic mass is 10.3. The molecule has 0 radical (unpaired) electrons. The number of amides is 1. The molecule has 0 saturated carbocycles. The van der Waals surface area contributed by atoms with Crippen LogP contribution in [-0.4, -0.2) is 74.9 Å². The van der Waals surface area contributed by atoms with Gasteiger partial charge in [0.15, 0.2) is 0 Å². The number of carbonyl (C=O) groups excluding carboxylic acids is 1. The first kappa shape index (κ1) is 19.4. The molecule has 1 unspecified atom stereocenters. The summed E-state index contributed by atoms with van der Waals surface area (Å²) in [5, 5.41) is 0. The van der Waals surface area contributed by atoms with Crippen LogP contribution in [0, 0.1) is 0 Å². The summed E-state index contributed by atoms with van der Waals surface area (Å²) in [6, 6.07) is 0. The molecule has 0 aliphatic carbocycles. The van der Waals surface area contributed by atoms with E-state index in [-0.39, 0.29) is 5.91 Å². The van der Waals surface area contributed by atoms with Crippen LogP contribution in [-0.2, 0) is 14.3 Å². The molecule has 0 aromatic carbocycles. The molecule has 1 atom stereocenters. The van der Waals surface area contributed by atoms with Crippen molar-refractivity contribution in [3.8, 4) is 0 Å². The van der Waals surface area contributed by atoms with E-state index in [1.165, 1.54) is 0 Å². The molecule has 1 amide bonds. The molecule has 1 aliphatic heterocycles. The van der Waals surface area contributed by atoms with Crippen LogP contribution in [0.1, 0.15) is 34.1 Å². The summed E-state index contributed by atoms with van der Waals surface area (Å²) in [5.74, 6) is 0.209. The third kappa shape index (κ3) is 9.28. The minimum Gasteiger partial charge on any atom is -0.382 e. The van der Waals surface area contributed by atoms with Gasteiger partial charge in [-0.15, -0.1) is 0 Å². The number of hydrogen-bond acceptors (Lipinski definition) is 4. The van der Waals surface area contributed by atoms with Crippen molar-refractivity contribution < 1.29 is 14.3 Å². The van der Waals surface area contributed by atoms with Gasteiger partial charge in [-0.1, -0.05) is 13.8 Å². The van der Waals surface area contributed by atoms with Gasteiger partial charge in [0.2, 0.25) is 5.91 Å². The van der Waals surface area contributed by atoms with Crippen LogP contribution < -0.4 is 0 Å². The van der Waals surface area contributed by atoms with Crippen molar-refractivity contribution >= 4 is 5.91 Å². The molecule has 5 heteroatoms. The number of likely N-dealkylation sites (N-methyl/N-ethyl adjacent to an activating group) is 1. The van der Waals surface area contributed by atoms with Crippen molar-refractivity contribution in [2.75, 3.05) is 53.0 Å². The lowest BCUT2D eigenvalue weighted by Gasteiger charge is -2.33. The maximum absolute atomic E-state index is 10.9. The van der Waals surface area contributed by atoms with E-state index in [4.69, 9.17) is 9.47 Å². The first-order valence-electron chi connectivity index (χ1n) is 7.63. The van der Waals surface area contributed by atoms with E-state index in [1.54, 1.807) is 14.0 Å². The zero-order valence-electron chi connectivity index (χ0n) is 13.9. The number of carbonyl (C=O) groups is 1. The maximum Gasteiger partial charge on any atom is 0.219 e. The molecule has 1 aliphatic rings. The largest absolute Gasteiger partial charge is 0.382 e. The van der Waals surface area contributed by atoms with Gasteiger partial charge in [0.25, 0.3) is 0 Å². The molecule has 1 heterocycles. The molecule has 1 fully saturated rings. The van der Waals surface area contributed by atoms with Crippen molar-refractivity contribution in [3.63, 3.8) is 0 Å². The molecule has 0 N–H and O–H groups in total. The van der Waals surface area contributed by atoms with E-state index in [0.29, 0.717) is 19.3 Å². The minimum absolute atomic E-state index is 0.209. The highest BCUT2D eigenvalue weighted by molar-refractivity contribution is 5.73. The monoisotopic (exact) mass is 288 g/mol. The molecule has 0 spiro atoms. The van der Waals surface area contributed by atoms with Gasteiger partial charge in [-0.05, 0) is 19.9 Å². The normalized spacial score (nSPS) is 17.4. The Balaban J connectivity index is 0.000000370. The van der Waals surface area contributed by atoms with Crippen LogP contribution in [0.4, 0.5) is 0 Å². The second kappa shape index (κ2) is 12.1. The molecule has 20 heavy (non-hydrogen) atoms. The Morgan fingerprint density at radius 1 is 1.15 bits per heavy atom.